The summed E-state index contributed by atoms with van der Waals surface area (Å²) in [4.78, 5) is 10.7. The van der Waals surface area contributed by atoms with Crippen molar-refractivity contribution in [3.8, 4) is 0 Å². The predicted molar refractivity (Wildman–Crippen MR) is 90.5 cm³/mol. The molecule has 0 aliphatic heterocycles. The average Bonchev–Trinajstić information content (AvgIpc) is 2.51. The highest BCUT2D eigenvalue weighted by Gasteiger charge is 2.03. The second-order valence-electron chi connectivity index (χ2n) is 5.81. The standard InChI is InChI=1S/C18H29NO3/c1-2-3-5-8-17(20)9-6-4-7-14-19-16-12-10-15(11-13-16)18(21)22/h10-13,17,19-20H,2-9,14H2,1H3,(H,21,22). The number of aliphatic hydroxyl groups excluding tert-OH is 1. The molecule has 0 bridgehead atoms. The maximum Gasteiger partial charge on any atom is 0.335 e. The number of carboxylic acids is 1. The molecule has 124 valence electrons. The van der Waals surface area contributed by atoms with E-state index in [1.54, 1.807) is 24.3 Å². The Morgan fingerprint density at radius 2 is 1.68 bits per heavy atom. The number of anilines is 1. The van der Waals surface area contributed by atoms with Crippen LogP contribution in [0.4, 0.5) is 5.69 Å². The molecule has 0 aliphatic carbocycles. The van der Waals surface area contributed by atoms with Crippen LogP contribution in [-0.4, -0.2) is 28.8 Å². The van der Waals surface area contributed by atoms with Crippen molar-refractivity contribution in [1.29, 1.82) is 0 Å². The van der Waals surface area contributed by atoms with E-state index in [0.717, 1.165) is 50.8 Å². The molecular formula is C18H29NO3. The number of rotatable bonds is 12. The van der Waals surface area contributed by atoms with Gasteiger partial charge in [0.05, 0.1) is 11.7 Å². The lowest BCUT2D eigenvalue weighted by Gasteiger charge is -2.10. The van der Waals surface area contributed by atoms with E-state index < -0.39 is 5.97 Å². The van der Waals surface area contributed by atoms with Crippen molar-refractivity contribution in [1.82, 2.24) is 0 Å². The van der Waals surface area contributed by atoms with Crippen LogP contribution in [0.15, 0.2) is 24.3 Å². The van der Waals surface area contributed by atoms with Crippen LogP contribution >= 0.6 is 0 Å². The molecule has 1 aromatic carbocycles. The summed E-state index contributed by atoms with van der Waals surface area (Å²) in [6.45, 7) is 3.05. The highest BCUT2D eigenvalue weighted by molar-refractivity contribution is 5.87. The van der Waals surface area contributed by atoms with Crippen LogP contribution in [0.5, 0.6) is 0 Å². The predicted octanol–water partition coefficient (Wildman–Crippen LogP) is 4.30. The van der Waals surface area contributed by atoms with Crippen molar-refractivity contribution in [2.75, 3.05) is 11.9 Å². The quantitative estimate of drug-likeness (QED) is 0.504. The van der Waals surface area contributed by atoms with E-state index in [9.17, 15) is 9.90 Å². The van der Waals surface area contributed by atoms with Gasteiger partial charge in [-0.05, 0) is 43.5 Å². The second-order valence-corrected chi connectivity index (χ2v) is 5.81. The summed E-state index contributed by atoms with van der Waals surface area (Å²) in [5.41, 5.74) is 1.26. The van der Waals surface area contributed by atoms with E-state index in [1.165, 1.54) is 12.8 Å². The molecule has 0 amide bonds. The lowest BCUT2D eigenvalue weighted by atomic mass is 10.0. The van der Waals surface area contributed by atoms with Gasteiger partial charge in [0.2, 0.25) is 0 Å². The molecule has 0 radical (unpaired) electrons. The molecule has 0 aliphatic rings. The third-order valence-corrected chi connectivity index (χ3v) is 3.82. The molecule has 22 heavy (non-hydrogen) atoms. The lowest BCUT2D eigenvalue weighted by Crippen LogP contribution is -2.07. The summed E-state index contributed by atoms with van der Waals surface area (Å²) in [6, 6.07) is 6.80. The number of hydrogen-bond donors (Lipinski definition) is 3. The zero-order valence-corrected chi connectivity index (χ0v) is 13.6. The first-order valence-electron chi connectivity index (χ1n) is 8.38. The minimum absolute atomic E-state index is 0.136. The van der Waals surface area contributed by atoms with Gasteiger partial charge in [-0.3, -0.25) is 0 Å². The Bertz CT molecular complexity index is 417. The van der Waals surface area contributed by atoms with E-state index in [-0.39, 0.29) is 6.10 Å². The monoisotopic (exact) mass is 307 g/mol. The number of unbranched alkanes of at least 4 members (excludes halogenated alkanes) is 4. The minimum atomic E-state index is -0.899. The molecular weight excluding hydrogens is 278 g/mol. The van der Waals surface area contributed by atoms with Crippen LogP contribution in [0.1, 0.15) is 68.6 Å². The van der Waals surface area contributed by atoms with Gasteiger partial charge in [-0.15, -0.1) is 0 Å². The van der Waals surface area contributed by atoms with Crippen LogP contribution in [0, 0.1) is 0 Å². The van der Waals surface area contributed by atoms with Crippen LogP contribution < -0.4 is 5.32 Å². The van der Waals surface area contributed by atoms with Crippen molar-refractivity contribution < 1.29 is 15.0 Å². The van der Waals surface area contributed by atoms with Gasteiger partial charge in [0.25, 0.3) is 0 Å². The van der Waals surface area contributed by atoms with Crippen LogP contribution in [0.3, 0.4) is 0 Å². The van der Waals surface area contributed by atoms with Gasteiger partial charge in [-0.1, -0.05) is 39.0 Å². The van der Waals surface area contributed by atoms with E-state index in [0.29, 0.717) is 5.56 Å². The first-order chi connectivity index (χ1) is 10.6. The number of aliphatic hydroxyl groups is 1. The molecule has 4 heteroatoms. The molecule has 4 nitrogen and oxygen atoms in total. The van der Waals surface area contributed by atoms with Crippen molar-refractivity contribution in [3.63, 3.8) is 0 Å². The third-order valence-electron chi connectivity index (χ3n) is 3.82. The highest BCUT2D eigenvalue weighted by Crippen LogP contribution is 2.12. The van der Waals surface area contributed by atoms with Crippen molar-refractivity contribution in [2.24, 2.45) is 0 Å². The van der Waals surface area contributed by atoms with Gasteiger partial charge in [-0.25, -0.2) is 4.79 Å². The maximum atomic E-state index is 10.7. The number of carbonyl (C=O) groups is 1. The number of benzene rings is 1. The summed E-state index contributed by atoms with van der Waals surface area (Å²) in [5.74, 6) is -0.899. The summed E-state index contributed by atoms with van der Waals surface area (Å²) in [7, 11) is 0. The molecule has 0 heterocycles. The fraction of sp³-hybridized carbons (Fsp3) is 0.611. The fourth-order valence-corrected chi connectivity index (χ4v) is 2.42. The highest BCUT2D eigenvalue weighted by atomic mass is 16.4. The van der Waals surface area contributed by atoms with E-state index >= 15 is 0 Å². The second kappa shape index (κ2) is 11.1. The van der Waals surface area contributed by atoms with Gasteiger partial charge in [0, 0.05) is 12.2 Å². The smallest absolute Gasteiger partial charge is 0.335 e. The maximum absolute atomic E-state index is 10.7. The Kier molecular flexibility index (Phi) is 9.31. The van der Waals surface area contributed by atoms with E-state index in [1.807, 2.05) is 0 Å². The van der Waals surface area contributed by atoms with Gasteiger partial charge in [0.1, 0.15) is 0 Å². The molecule has 1 atom stereocenters. The fourth-order valence-electron chi connectivity index (χ4n) is 2.42. The first-order valence-corrected chi connectivity index (χ1v) is 8.38. The van der Waals surface area contributed by atoms with Gasteiger partial charge >= 0.3 is 5.97 Å². The van der Waals surface area contributed by atoms with Crippen molar-refractivity contribution in [2.45, 2.75) is 64.4 Å². The van der Waals surface area contributed by atoms with Gasteiger partial charge < -0.3 is 15.5 Å². The molecule has 0 saturated heterocycles. The lowest BCUT2D eigenvalue weighted by molar-refractivity contribution is 0.0697. The molecule has 1 rings (SSSR count). The number of aromatic carboxylic acids is 1. The third kappa shape index (κ3) is 8.03. The Morgan fingerprint density at radius 3 is 2.27 bits per heavy atom. The summed E-state index contributed by atoms with van der Waals surface area (Å²) in [5, 5.41) is 21.9. The summed E-state index contributed by atoms with van der Waals surface area (Å²) in [6.07, 6.45) is 8.46. The van der Waals surface area contributed by atoms with E-state index in [4.69, 9.17) is 5.11 Å². The topological polar surface area (TPSA) is 69.6 Å². The zero-order chi connectivity index (χ0) is 16.2. The Balaban J connectivity index is 2.04. The number of hydrogen-bond acceptors (Lipinski definition) is 3. The summed E-state index contributed by atoms with van der Waals surface area (Å²) >= 11 is 0. The van der Waals surface area contributed by atoms with Crippen molar-refractivity contribution in [3.05, 3.63) is 29.8 Å². The normalized spacial score (nSPS) is 12.1. The Labute approximate surface area is 133 Å². The number of carboxylic acid groups (broad SMARTS) is 1. The molecule has 1 unspecified atom stereocenters. The summed E-state index contributed by atoms with van der Waals surface area (Å²) < 4.78 is 0. The zero-order valence-electron chi connectivity index (χ0n) is 13.6. The number of nitrogens with one attached hydrogen (secondary N) is 1. The van der Waals surface area contributed by atoms with Crippen LogP contribution in [0.25, 0.3) is 0 Å². The Morgan fingerprint density at radius 1 is 1.05 bits per heavy atom. The molecule has 0 saturated carbocycles. The van der Waals surface area contributed by atoms with Crippen molar-refractivity contribution >= 4 is 11.7 Å². The molecule has 3 N–H and O–H groups in total. The first kappa shape index (κ1) is 18.5. The molecule has 1 aromatic rings. The molecule has 0 aromatic heterocycles. The van der Waals surface area contributed by atoms with Crippen LogP contribution in [0.2, 0.25) is 0 Å². The Hall–Kier alpha value is -1.55. The molecule has 0 spiro atoms. The SMILES string of the molecule is CCCCCC(O)CCCCCNc1ccc(C(=O)O)cc1. The molecule has 0 fully saturated rings. The van der Waals surface area contributed by atoms with Crippen LogP contribution in [-0.2, 0) is 0 Å². The average molecular weight is 307 g/mol. The van der Waals surface area contributed by atoms with Gasteiger partial charge in [-0.2, -0.15) is 0 Å². The minimum Gasteiger partial charge on any atom is -0.478 e. The largest absolute Gasteiger partial charge is 0.478 e. The van der Waals surface area contributed by atoms with Gasteiger partial charge in [0.15, 0.2) is 0 Å². The van der Waals surface area contributed by atoms with E-state index in [2.05, 4.69) is 12.2 Å².